The van der Waals surface area contributed by atoms with Crippen LogP contribution in [0.1, 0.15) is 50.8 Å². The second kappa shape index (κ2) is 6.42. The molecule has 0 aromatic heterocycles. The third kappa shape index (κ3) is 3.24. The predicted molar refractivity (Wildman–Crippen MR) is 74.6 cm³/mol. The standard InChI is InChI=1S/C15H22N2O/c1-5-6-11(2)17(4)15-9-13(10-16)7-8-14(15)12(3)18/h7-9,11-12,18H,5-6H2,1-4H3. The van der Waals surface area contributed by atoms with Crippen LogP contribution in [0.2, 0.25) is 0 Å². The molecule has 3 nitrogen and oxygen atoms in total. The molecule has 0 fully saturated rings. The highest BCUT2D eigenvalue weighted by molar-refractivity contribution is 5.58. The molecule has 0 aliphatic heterocycles. The van der Waals surface area contributed by atoms with Crippen molar-refractivity contribution < 1.29 is 5.11 Å². The zero-order valence-corrected chi connectivity index (χ0v) is 11.6. The van der Waals surface area contributed by atoms with Gasteiger partial charge in [0.15, 0.2) is 0 Å². The second-order valence-electron chi connectivity index (χ2n) is 4.81. The Morgan fingerprint density at radius 3 is 2.56 bits per heavy atom. The Morgan fingerprint density at radius 1 is 1.39 bits per heavy atom. The molecule has 0 amide bonds. The van der Waals surface area contributed by atoms with E-state index in [-0.39, 0.29) is 0 Å². The number of rotatable bonds is 5. The molecule has 0 heterocycles. The van der Waals surface area contributed by atoms with Crippen molar-refractivity contribution in [1.29, 1.82) is 5.26 Å². The van der Waals surface area contributed by atoms with E-state index in [1.807, 2.05) is 19.2 Å². The SMILES string of the molecule is CCCC(C)N(C)c1cc(C#N)ccc1C(C)O. The van der Waals surface area contributed by atoms with Gasteiger partial charge in [0, 0.05) is 24.3 Å². The van der Waals surface area contributed by atoms with Crippen molar-refractivity contribution in [3.8, 4) is 6.07 Å². The number of nitrogens with zero attached hydrogens (tertiary/aromatic N) is 2. The fraction of sp³-hybridized carbons (Fsp3) is 0.533. The molecule has 0 aliphatic carbocycles. The maximum Gasteiger partial charge on any atom is 0.0992 e. The van der Waals surface area contributed by atoms with E-state index in [4.69, 9.17) is 5.26 Å². The number of aliphatic hydroxyl groups excluding tert-OH is 1. The van der Waals surface area contributed by atoms with Gasteiger partial charge in [-0.1, -0.05) is 19.4 Å². The number of hydrogen-bond acceptors (Lipinski definition) is 3. The van der Waals surface area contributed by atoms with Crippen molar-refractivity contribution in [1.82, 2.24) is 0 Å². The highest BCUT2D eigenvalue weighted by Crippen LogP contribution is 2.28. The smallest absolute Gasteiger partial charge is 0.0992 e. The maximum absolute atomic E-state index is 9.82. The maximum atomic E-state index is 9.82. The number of nitriles is 1. The van der Waals surface area contributed by atoms with Crippen LogP contribution in [0.3, 0.4) is 0 Å². The van der Waals surface area contributed by atoms with Crippen molar-refractivity contribution >= 4 is 5.69 Å². The van der Waals surface area contributed by atoms with Crippen molar-refractivity contribution in [3.05, 3.63) is 29.3 Å². The fourth-order valence-electron chi connectivity index (χ4n) is 2.12. The van der Waals surface area contributed by atoms with Crippen molar-refractivity contribution in [2.24, 2.45) is 0 Å². The van der Waals surface area contributed by atoms with Crippen molar-refractivity contribution in [2.45, 2.75) is 45.8 Å². The Bertz CT molecular complexity index is 435. The van der Waals surface area contributed by atoms with Crippen LogP contribution < -0.4 is 4.90 Å². The molecular weight excluding hydrogens is 224 g/mol. The molecule has 18 heavy (non-hydrogen) atoms. The topological polar surface area (TPSA) is 47.3 Å². The Hall–Kier alpha value is -1.53. The summed E-state index contributed by atoms with van der Waals surface area (Å²) in [5, 5.41) is 18.8. The molecule has 0 saturated heterocycles. The van der Waals surface area contributed by atoms with Gasteiger partial charge in [-0.25, -0.2) is 0 Å². The Kier molecular flexibility index (Phi) is 5.18. The monoisotopic (exact) mass is 246 g/mol. The van der Waals surface area contributed by atoms with Crippen molar-refractivity contribution in [3.63, 3.8) is 0 Å². The van der Waals surface area contributed by atoms with Crippen LogP contribution in [-0.2, 0) is 0 Å². The quantitative estimate of drug-likeness (QED) is 0.867. The highest BCUT2D eigenvalue weighted by Gasteiger charge is 2.16. The summed E-state index contributed by atoms with van der Waals surface area (Å²) in [5.41, 5.74) is 2.45. The lowest BCUT2D eigenvalue weighted by molar-refractivity contribution is 0.199. The molecule has 1 N–H and O–H groups in total. The van der Waals surface area contributed by atoms with Crippen molar-refractivity contribution in [2.75, 3.05) is 11.9 Å². The van der Waals surface area contributed by atoms with Gasteiger partial charge < -0.3 is 10.0 Å². The van der Waals surface area contributed by atoms with Crippen LogP contribution in [0.4, 0.5) is 5.69 Å². The van der Waals surface area contributed by atoms with Gasteiger partial charge in [0.05, 0.1) is 17.7 Å². The summed E-state index contributed by atoms with van der Waals surface area (Å²) in [7, 11) is 2.02. The van der Waals surface area contributed by atoms with Gasteiger partial charge in [0.1, 0.15) is 0 Å². The molecule has 1 aromatic rings. The largest absolute Gasteiger partial charge is 0.389 e. The first-order chi connectivity index (χ1) is 8.51. The number of benzene rings is 1. The Morgan fingerprint density at radius 2 is 2.06 bits per heavy atom. The lowest BCUT2D eigenvalue weighted by atomic mass is 10.0. The minimum absolute atomic E-state index is 0.390. The predicted octanol–water partition coefficient (Wildman–Crippen LogP) is 3.24. The number of hydrogen-bond donors (Lipinski definition) is 1. The molecule has 1 aromatic carbocycles. The van der Waals surface area contributed by atoms with E-state index < -0.39 is 6.10 Å². The molecular formula is C15H22N2O. The molecule has 0 radical (unpaired) electrons. The summed E-state index contributed by atoms with van der Waals surface area (Å²) in [6.45, 7) is 6.07. The molecule has 3 heteroatoms. The average molecular weight is 246 g/mol. The molecule has 2 unspecified atom stereocenters. The van der Waals surface area contributed by atoms with Crippen LogP contribution in [0, 0.1) is 11.3 Å². The average Bonchev–Trinajstić information content (AvgIpc) is 2.37. The summed E-state index contributed by atoms with van der Waals surface area (Å²) in [6.07, 6.45) is 1.68. The number of aliphatic hydroxyl groups is 1. The van der Waals surface area contributed by atoms with Gasteiger partial charge in [0.25, 0.3) is 0 Å². The van der Waals surface area contributed by atoms with E-state index in [9.17, 15) is 5.11 Å². The lowest BCUT2D eigenvalue weighted by Gasteiger charge is -2.29. The van der Waals surface area contributed by atoms with Crippen LogP contribution >= 0.6 is 0 Å². The summed E-state index contributed by atoms with van der Waals surface area (Å²) in [4.78, 5) is 2.15. The third-order valence-electron chi connectivity index (χ3n) is 3.36. The van der Waals surface area contributed by atoms with E-state index in [0.29, 0.717) is 11.6 Å². The summed E-state index contributed by atoms with van der Waals surface area (Å²) in [5.74, 6) is 0. The molecule has 2 atom stereocenters. The fourth-order valence-corrected chi connectivity index (χ4v) is 2.12. The van der Waals surface area contributed by atoms with E-state index >= 15 is 0 Å². The van der Waals surface area contributed by atoms with Crippen LogP contribution in [-0.4, -0.2) is 18.2 Å². The molecule has 0 bridgehead atoms. The summed E-state index contributed by atoms with van der Waals surface area (Å²) in [6, 6.07) is 7.99. The molecule has 1 rings (SSSR count). The minimum Gasteiger partial charge on any atom is -0.389 e. The molecule has 0 saturated carbocycles. The van der Waals surface area contributed by atoms with Crippen LogP contribution in [0.5, 0.6) is 0 Å². The van der Waals surface area contributed by atoms with Gasteiger partial charge in [-0.05, 0) is 32.4 Å². The first-order valence-electron chi connectivity index (χ1n) is 6.46. The highest BCUT2D eigenvalue weighted by atomic mass is 16.3. The number of anilines is 1. The van der Waals surface area contributed by atoms with E-state index in [1.54, 1.807) is 13.0 Å². The van der Waals surface area contributed by atoms with E-state index in [2.05, 4.69) is 24.8 Å². The van der Waals surface area contributed by atoms with Gasteiger partial charge >= 0.3 is 0 Å². The lowest BCUT2D eigenvalue weighted by Crippen LogP contribution is -2.29. The molecule has 0 aliphatic rings. The zero-order chi connectivity index (χ0) is 13.7. The minimum atomic E-state index is -0.524. The molecule has 98 valence electrons. The molecule has 0 spiro atoms. The first-order valence-corrected chi connectivity index (χ1v) is 6.46. The summed E-state index contributed by atoms with van der Waals surface area (Å²) >= 11 is 0. The van der Waals surface area contributed by atoms with E-state index in [1.165, 1.54) is 0 Å². The van der Waals surface area contributed by atoms with Gasteiger partial charge in [-0.2, -0.15) is 5.26 Å². The first kappa shape index (κ1) is 14.5. The van der Waals surface area contributed by atoms with Gasteiger partial charge in [-0.3, -0.25) is 0 Å². The Balaban J connectivity index is 3.15. The summed E-state index contributed by atoms with van der Waals surface area (Å²) < 4.78 is 0. The van der Waals surface area contributed by atoms with Crippen LogP contribution in [0.15, 0.2) is 18.2 Å². The van der Waals surface area contributed by atoms with Gasteiger partial charge in [-0.15, -0.1) is 0 Å². The third-order valence-corrected chi connectivity index (χ3v) is 3.36. The second-order valence-corrected chi connectivity index (χ2v) is 4.81. The van der Waals surface area contributed by atoms with Gasteiger partial charge in [0.2, 0.25) is 0 Å². The zero-order valence-electron chi connectivity index (χ0n) is 11.6. The van der Waals surface area contributed by atoms with Crippen LogP contribution in [0.25, 0.3) is 0 Å². The Labute approximate surface area is 110 Å². The normalized spacial score (nSPS) is 13.8. The van der Waals surface area contributed by atoms with E-state index in [0.717, 1.165) is 24.1 Å².